The molecule has 2 saturated heterocycles. The van der Waals surface area contributed by atoms with E-state index >= 15 is 0 Å². The van der Waals surface area contributed by atoms with E-state index in [4.69, 9.17) is 4.74 Å². The Labute approximate surface area is 115 Å². The van der Waals surface area contributed by atoms with Gasteiger partial charge in [-0.3, -0.25) is 9.69 Å². The van der Waals surface area contributed by atoms with Crippen molar-refractivity contribution in [1.82, 2.24) is 9.80 Å². The molecule has 0 spiro atoms. The van der Waals surface area contributed by atoms with E-state index in [-0.39, 0.29) is 12.0 Å². The van der Waals surface area contributed by atoms with Crippen molar-refractivity contribution in [1.29, 1.82) is 0 Å². The fraction of sp³-hybridized carbons (Fsp3) is 0.929. The SMILES string of the molecule is CCCN(C1CC(C)N(C)C1)C1COCC1C(=O)O. The summed E-state index contributed by atoms with van der Waals surface area (Å²) in [5.74, 6) is -1.09. The lowest BCUT2D eigenvalue weighted by molar-refractivity contribution is -0.143. The first-order valence-corrected chi connectivity index (χ1v) is 7.31. The molecular weight excluding hydrogens is 244 g/mol. The van der Waals surface area contributed by atoms with Crippen LogP contribution in [0.25, 0.3) is 0 Å². The van der Waals surface area contributed by atoms with Crippen molar-refractivity contribution < 1.29 is 14.6 Å². The summed E-state index contributed by atoms with van der Waals surface area (Å²) in [6.45, 7) is 7.31. The van der Waals surface area contributed by atoms with Crippen LogP contribution in [0, 0.1) is 5.92 Å². The summed E-state index contributed by atoms with van der Waals surface area (Å²) in [6.07, 6.45) is 2.18. The molecule has 2 fully saturated rings. The highest BCUT2D eigenvalue weighted by molar-refractivity contribution is 5.71. The molecule has 1 N–H and O–H groups in total. The molecule has 2 rings (SSSR count). The number of rotatable bonds is 5. The number of ether oxygens (including phenoxy) is 1. The van der Waals surface area contributed by atoms with Crippen LogP contribution < -0.4 is 0 Å². The molecule has 19 heavy (non-hydrogen) atoms. The maximum Gasteiger partial charge on any atom is 0.310 e. The second-order valence-electron chi connectivity index (χ2n) is 5.97. The molecule has 0 radical (unpaired) electrons. The van der Waals surface area contributed by atoms with E-state index < -0.39 is 5.97 Å². The third-order valence-electron chi connectivity index (χ3n) is 4.61. The van der Waals surface area contributed by atoms with E-state index in [1.807, 2.05) is 0 Å². The molecule has 5 heteroatoms. The zero-order chi connectivity index (χ0) is 14.0. The maximum atomic E-state index is 11.3. The molecular formula is C14H26N2O3. The number of hydrogen-bond donors (Lipinski definition) is 1. The Bertz CT molecular complexity index is 314. The Kier molecular flexibility index (Phi) is 4.81. The summed E-state index contributed by atoms with van der Waals surface area (Å²) >= 11 is 0. The average molecular weight is 270 g/mol. The molecule has 0 bridgehead atoms. The van der Waals surface area contributed by atoms with Crippen LogP contribution >= 0.6 is 0 Å². The largest absolute Gasteiger partial charge is 0.481 e. The summed E-state index contributed by atoms with van der Waals surface area (Å²) in [5.41, 5.74) is 0. The van der Waals surface area contributed by atoms with Crippen LogP contribution in [0.5, 0.6) is 0 Å². The van der Waals surface area contributed by atoms with Gasteiger partial charge in [-0.25, -0.2) is 0 Å². The van der Waals surface area contributed by atoms with Gasteiger partial charge in [-0.15, -0.1) is 0 Å². The third kappa shape index (κ3) is 3.09. The van der Waals surface area contributed by atoms with Crippen molar-refractivity contribution in [3.05, 3.63) is 0 Å². The minimum Gasteiger partial charge on any atom is -0.481 e. The predicted octanol–water partition coefficient (Wildman–Crippen LogP) is 0.891. The fourth-order valence-electron chi connectivity index (χ4n) is 3.38. The van der Waals surface area contributed by atoms with Gasteiger partial charge in [0.25, 0.3) is 0 Å². The second kappa shape index (κ2) is 6.20. The molecule has 0 saturated carbocycles. The van der Waals surface area contributed by atoms with Gasteiger partial charge in [0.15, 0.2) is 0 Å². The van der Waals surface area contributed by atoms with E-state index in [1.165, 1.54) is 0 Å². The molecule has 4 unspecified atom stereocenters. The van der Waals surface area contributed by atoms with Crippen molar-refractivity contribution in [2.45, 2.75) is 44.8 Å². The second-order valence-corrected chi connectivity index (χ2v) is 5.97. The van der Waals surface area contributed by atoms with Gasteiger partial charge < -0.3 is 14.7 Å². The van der Waals surface area contributed by atoms with E-state index in [9.17, 15) is 9.90 Å². The van der Waals surface area contributed by atoms with Gasteiger partial charge in [0.2, 0.25) is 0 Å². The summed E-state index contributed by atoms with van der Waals surface area (Å²) in [4.78, 5) is 16.1. The quantitative estimate of drug-likeness (QED) is 0.804. The Morgan fingerprint density at radius 1 is 1.47 bits per heavy atom. The topological polar surface area (TPSA) is 53.0 Å². The zero-order valence-electron chi connectivity index (χ0n) is 12.2. The highest BCUT2D eigenvalue weighted by Crippen LogP contribution is 2.28. The number of carboxylic acid groups (broad SMARTS) is 1. The van der Waals surface area contributed by atoms with E-state index in [0.717, 1.165) is 25.9 Å². The van der Waals surface area contributed by atoms with Crippen LogP contribution in [-0.4, -0.2) is 72.4 Å². The monoisotopic (exact) mass is 270 g/mol. The zero-order valence-corrected chi connectivity index (χ0v) is 12.2. The first-order chi connectivity index (χ1) is 9.04. The van der Waals surface area contributed by atoms with Crippen molar-refractivity contribution in [2.24, 2.45) is 5.92 Å². The van der Waals surface area contributed by atoms with Gasteiger partial charge in [-0.05, 0) is 33.4 Å². The van der Waals surface area contributed by atoms with E-state index in [1.54, 1.807) is 0 Å². The van der Waals surface area contributed by atoms with Crippen LogP contribution in [0.3, 0.4) is 0 Å². The summed E-state index contributed by atoms with van der Waals surface area (Å²) in [5, 5.41) is 9.33. The Hall–Kier alpha value is -0.650. The number of carbonyl (C=O) groups is 1. The lowest BCUT2D eigenvalue weighted by Crippen LogP contribution is -2.49. The summed E-state index contributed by atoms with van der Waals surface area (Å²) in [7, 11) is 2.15. The first-order valence-electron chi connectivity index (χ1n) is 7.31. The number of hydrogen-bond acceptors (Lipinski definition) is 4. The molecule has 4 atom stereocenters. The van der Waals surface area contributed by atoms with Crippen LogP contribution in [0.4, 0.5) is 0 Å². The van der Waals surface area contributed by atoms with Gasteiger partial charge in [0, 0.05) is 24.7 Å². The standard InChI is InChI=1S/C14H26N2O3/c1-4-5-16(11-6-10(2)15(3)7-11)13-9-19-8-12(13)14(17)18/h10-13H,4-9H2,1-3H3,(H,17,18). The number of carboxylic acids is 1. The molecule has 0 aromatic carbocycles. The lowest BCUT2D eigenvalue weighted by atomic mass is 9.99. The smallest absolute Gasteiger partial charge is 0.310 e. The summed E-state index contributed by atoms with van der Waals surface area (Å²) < 4.78 is 5.44. The maximum absolute atomic E-state index is 11.3. The van der Waals surface area contributed by atoms with Gasteiger partial charge in [-0.1, -0.05) is 6.92 Å². The minimum absolute atomic E-state index is 0.0427. The van der Waals surface area contributed by atoms with Crippen molar-refractivity contribution in [3.63, 3.8) is 0 Å². The minimum atomic E-state index is -0.719. The molecule has 0 aliphatic carbocycles. The Morgan fingerprint density at radius 3 is 2.74 bits per heavy atom. The number of likely N-dealkylation sites (N-methyl/N-ethyl adjacent to an activating group) is 1. The molecule has 2 heterocycles. The van der Waals surface area contributed by atoms with Gasteiger partial charge in [0.1, 0.15) is 0 Å². The van der Waals surface area contributed by atoms with Crippen LogP contribution in [-0.2, 0) is 9.53 Å². The van der Waals surface area contributed by atoms with Crippen LogP contribution in [0.1, 0.15) is 26.7 Å². The number of likely N-dealkylation sites (tertiary alicyclic amines) is 1. The van der Waals surface area contributed by atoms with Crippen molar-refractivity contribution in [2.75, 3.05) is 33.4 Å². The first kappa shape index (κ1) is 14.8. The molecule has 110 valence electrons. The lowest BCUT2D eigenvalue weighted by Gasteiger charge is -2.35. The highest BCUT2D eigenvalue weighted by atomic mass is 16.5. The Morgan fingerprint density at radius 2 is 2.21 bits per heavy atom. The van der Waals surface area contributed by atoms with E-state index in [0.29, 0.717) is 25.3 Å². The van der Waals surface area contributed by atoms with E-state index in [2.05, 4.69) is 30.7 Å². The molecule has 2 aliphatic rings. The fourth-order valence-corrected chi connectivity index (χ4v) is 3.38. The number of nitrogens with zero attached hydrogens (tertiary/aromatic N) is 2. The van der Waals surface area contributed by atoms with Crippen LogP contribution in [0.15, 0.2) is 0 Å². The molecule has 2 aliphatic heterocycles. The van der Waals surface area contributed by atoms with Gasteiger partial charge >= 0.3 is 5.97 Å². The molecule has 0 aromatic heterocycles. The van der Waals surface area contributed by atoms with Crippen LogP contribution in [0.2, 0.25) is 0 Å². The van der Waals surface area contributed by atoms with Crippen molar-refractivity contribution >= 4 is 5.97 Å². The predicted molar refractivity (Wildman–Crippen MR) is 73.2 cm³/mol. The molecule has 0 amide bonds. The molecule has 5 nitrogen and oxygen atoms in total. The normalized spacial score (nSPS) is 36.2. The highest BCUT2D eigenvalue weighted by Gasteiger charge is 2.42. The number of aliphatic carboxylic acids is 1. The average Bonchev–Trinajstić information content (AvgIpc) is 2.94. The molecule has 0 aromatic rings. The van der Waals surface area contributed by atoms with Gasteiger partial charge in [-0.2, -0.15) is 0 Å². The third-order valence-corrected chi connectivity index (χ3v) is 4.61. The Balaban J connectivity index is 2.09. The summed E-state index contributed by atoms with van der Waals surface area (Å²) in [6, 6.07) is 1.09. The van der Waals surface area contributed by atoms with Gasteiger partial charge in [0.05, 0.1) is 19.1 Å². The van der Waals surface area contributed by atoms with Crippen molar-refractivity contribution in [3.8, 4) is 0 Å².